The standard InChI is InChI=1S/C13H6ClF4NO/c14-7-3-10(17)9(16)1-5(7)13(20)6-2-12(19)11(18)4-8(6)15/h1-4H,19H2. The largest absolute Gasteiger partial charge is 0.396 e. The normalized spacial score (nSPS) is 10.7. The van der Waals surface area contributed by atoms with Gasteiger partial charge in [0.25, 0.3) is 0 Å². The van der Waals surface area contributed by atoms with Crippen molar-refractivity contribution in [2.75, 3.05) is 5.73 Å². The number of carbonyl (C=O) groups is 1. The van der Waals surface area contributed by atoms with Gasteiger partial charge < -0.3 is 5.73 Å². The summed E-state index contributed by atoms with van der Waals surface area (Å²) in [6.07, 6.45) is 0. The topological polar surface area (TPSA) is 43.1 Å². The smallest absolute Gasteiger partial charge is 0.197 e. The van der Waals surface area contributed by atoms with E-state index in [9.17, 15) is 22.4 Å². The van der Waals surface area contributed by atoms with E-state index in [-0.39, 0.29) is 0 Å². The van der Waals surface area contributed by atoms with Crippen LogP contribution in [0.2, 0.25) is 5.02 Å². The number of anilines is 1. The van der Waals surface area contributed by atoms with E-state index in [1.807, 2.05) is 0 Å². The van der Waals surface area contributed by atoms with Crippen LogP contribution in [0.1, 0.15) is 15.9 Å². The first-order valence-corrected chi connectivity index (χ1v) is 5.63. The summed E-state index contributed by atoms with van der Waals surface area (Å²) in [7, 11) is 0. The highest BCUT2D eigenvalue weighted by atomic mass is 35.5. The first-order chi connectivity index (χ1) is 9.31. The maximum absolute atomic E-state index is 13.6. The highest BCUT2D eigenvalue weighted by Crippen LogP contribution is 2.25. The van der Waals surface area contributed by atoms with E-state index >= 15 is 0 Å². The van der Waals surface area contributed by atoms with Crippen molar-refractivity contribution in [2.45, 2.75) is 0 Å². The van der Waals surface area contributed by atoms with Gasteiger partial charge in [-0.05, 0) is 18.2 Å². The number of nitrogens with two attached hydrogens (primary N) is 1. The quantitative estimate of drug-likeness (QED) is 0.398. The maximum Gasteiger partial charge on any atom is 0.197 e. The van der Waals surface area contributed by atoms with Gasteiger partial charge in [0.15, 0.2) is 17.4 Å². The van der Waals surface area contributed by atoms with Gasteiger partial charge in [0.2, 0.25) is 0 Å². The minimum atomic E-state index is -1.31. The second kappa shape index (κ2) is 5.13. The molecule has 0 heterocycles. The summed E-state index contributed by atoms with van der Waals surface area (Å²) in [6.45, 7) is 0. The van der Waals surface area contributed by atoms with Crippen molar-refractivity contribution in [3.8, 4) is 0 Å². The fourth-order valence-corrected chi connectivity index (χ4v) is 1.82. The molecule has 20 heavy (non-hydrogen) atoms. The van der Waals surface area contributed by atoms with Crippen molar-refractivity contribution in [1.29, 1.82) is 0 Å². The Hall–Kier alpha value is -2.08. The van der Waals surface area contributed by atoms with Crippen molar-refractivity contribution in [1.82, 2.24) is 0 Å². The molecule has 0 aromatic heterocycles. The van der Waals surface area contributed by atoms with Crippen LogP contribution in [0.4, 0.5) is 23.2 Å². The minimum absolute atomic E-state index is 0.392. The van der Waals surface area contributed by atoms with Crippen LogP contribution in [0.3, 0.4) is 0 Å². The van der Waals surface area contributed by atoms with Gasteiger partial charge in [0.05, 0.1) is 16.3 Å². The van der Waals surface area contributed by atoms with Crippen molar-refractivity contribution in [2.24, 2.45) is 0 Å². The SMILES string of the molecule is Nc1cc(C(=O)c2cc(F)c(F)cc2Cl)c(F)cc1F. The molecule has 0 saturated carbocycles. The van der Waals surface area contributed by atoms with E-state index in [2.05, 4.69) is 0 Å². The van der Waals surface area contributed by atoms with Crippen LogP contribution in [-0.2, 0) is 0 Å². The number of hydrogen-bond acceptors (Lipinski definition) is 2. The van der Waals surface area contributed by atoms with Gasteiger partial charge >= 0.3 is 0 Å². The summed E-state index contributed by atoms with van der Waals surface area (Å²) in [4.78, 5) is 12.0. The number of benzene rings is 2. The molecule has 2 aromatic rings. The molecule has 0 aliphatic heterocycles. The molecule has 2 aromatic carbocycles. The van der Waals surface area contributed by atoms with Crippen molar-refractivity contribution < 1.29 is 22.4 Å². The molecule has 104 valence electrons. The zero-order valence-corrected chi connectivity index (χ0v) is 10.4. The number of rotatable bonds is 2. The van der Waals surface area contributed by atoms with Gasteiger partial charge in [-0.3, -0.25) is 4.79 Å². The first kappa shape index (κ1) is 14.3. The summed E-state index contributed by atoms with van der Waals surface area (Å²) in [5.41, 5.74) is 3.75. The Balaban J connectivity index is 2.57. The number of halogens is 5. The third-order valence-corrected chi connectivity index (χ3v) is 2.90. The van der Waals surface area contributed by atoms with E-state index < -0.39 is 50.9 Å². The summed E-state index contributed by atoms with van der Waals surface area (Å²) in [5.74, 6) is -5.80. The van der Waals surface area contributed by atoms with Gasteiger partial charge in [-0.2, -0.15) is 0 Å². The van der Waals surface area contributed by atoms with E-state index in [1.54, 1.807) is 0 Å². The minimum Gasteiger partial charge on any atom is -0.396 e. The van der Waals surface area contributed by atoms with E-state index in [1.165, 1.54) is 0 Å². The van der Waals surface area contributed by atoms with Crippen LogP contribution in [0, 0.1) is 23.3 Å². The Morgan fingerprint density at radius 1 is 0.850 bits per heavy atom. The highest BCUT2D eigenvalue weighted by molar-refractivity contribution is 6.35. The van der Waals surface area contributed by atoms with E-state index in [4.69, 9.17) is 17.3 Å². The number of ketones is 1. The van der Waals surface area contributed by atoms with Crippen molar-refractivity contribution in [3.63, 3.8) is 0 Å². The third kappa shape index (κ3) is 2.46. The lowest BCUT2D eigenvalue weighted by Gasteiger charge is -2.07. The molecule has 2 rings (SSSR count). The Bertz CT molecular complexity index is 659. The van der Waals surface area contributed by atoms with Crippen LogP contribution in [0.5, 0.6) is 0 Å². The lowest BCUT2D eigenvalue weighted by Crippen LogP contribution is -2.08. The van der Waals surface area contributed by atoms with Crippen molar-refractivity contribution >= 4 is 23.1 Å². The summed E-state index contributed by atoms with van der Waals surface area (Å²) >= 11 is 5.61. The Labute approximate surface area is 115 Å². The average molecular weight is 304 g/mol. The molecule has 2 nitrogen and oxygen atoms in total. The first-order valence-electron chi connectivity index (χ1n) is 5.25. The van der Waals surface area contributed by atoms with Gasteiger partial charge in [0, 0.05) is 11.6 Å². The Morgan fingerprint density at radius 2 is 1.45 bits per heavy atom. The molecule has 0 fully saturated rings. The molecule has 0 aliphatic rings. The average Bonchev–Trinajstić information content (AvgIpc) is 2.37. The van der Waals surface area contributed by atoms with Gasteiger partial charge in [-0.1, -0.05) is 11.6 Å². The lowest BCUT2D eigenvalue weighted by molar-refractivity contribution is 0.103. The molecule has 0 atom stereocenters. The van der Waals surface area contributed by atoms with Crippen LogP contribution >= 0.6 is 11.6 Å². The van der Waals surface area contributed by atoms with Crippen LogP contribution in [0.25, 0.3) is 0 Å². The van der Waals surface area contributed by atoms with E-state index in [0.717, 1.165) is 6.07 Å². The van der Waals surface area contributed by atoms with Gasteiger partial charge in [0.1, 0.15) is 11.6 Å². The fourth-order valence-electron chi connectivity index (χ4n) is 1.58. The lowest BCUT2D eigenvalue weighted by atomic mass is 10.0. The van der Waals surface area contributed by atoms with Crippen LogP contribution in [-0.4, -0.2) is 5.78 Å². The van der Waals surface area contributed by atoms with Gasteiger partial charge in [-0.15, -0.1) is 0 Å². The van der Waals surface area contributed by atoms with Crippen LogP contribution in [0.15, 0.2) is 24.3 Å². The molecule has 7 heteroatoms. The second-order valence-corrected chi connectivity index (χ2v) is 4.34. The van der Waals surface area contributed by atoms with Crippen molar-refractivity contribution in [3.05, 3.63) is 63.7 Å². The zero-order valence-electron chi connectivity index (χ0n) is 9.68. The summed E-state index contributed by atoms with van der Waals surface area (Å²) in [5, 5.41) is -0.392. The molecule has 0 amide bonds. The zero-order chi connectivity index (χ0) is 15.0. The third-order valence-electron chi connectivity index (χ3n) is 2.59. The number of nitrogen functional groups attached to an aromatic ring is 1. The molecular formula is C13H6ClF4NO. The van der Waals surface area contributed by atoms with Crippen LogP contribution < -0.4 is 5.73 Å². The maximum atomic E-state index is 13.6. The highest BCUT2D eigenvalue weighted by Gasteiger charge is 2.21. The molecule has 0 radical (unpaired) electrons. The molecule has 0 unspecified atom stereocenters. The second-order valence-electron chi connectivity index (χ2n) is 3.93. The monoisotopic (exact) mass is 303 g/mol. The predicted octanol–water partition coefficient (Wildman–Crippen LogP) is 3.71. The molecule has 0 bridgehead atoms. The molecule has 0 saturated heterocycles. The molecule has 0 aliphatic carbocycles. The summed E-state index contributed by atoms with van der Waals surface area (Å²) < 4.78 is 52.6. The Kier molecular flexibility index (Phi) is 3.67. The fraction of sp³-hybridized carbons (Fsp3) is 0. The molecular weight excluding hydrogens is 298 g/mol. The molecule has 0 spiro atoms. The molecule has 2 N–H and O–H groups in total. The van der Waals surface area contributed by atoms with Gasteiger partial charge in [-0.25, -0.2) is 17.6 Å². The Morgan fingerprint density at radius 3 is 2.10 bits per heavy atom. The number of carbonyl (C=O) groups excluding carboxylic acids is 1. The summed E-state index contributed by atoms with van der Waals surface area (Å²) in [6, 6.07) is 2.33. The predicted molar refractivity (Wildman–Crippen MR) is 65.6 cm³/mol. The van der Waals surface area contributed by atoms with E-state index in [0.29, 0.717) is 18.2 Å². The number of hydrogen-bond donors (Lipinski definition) is 1.